The lowest BCUT2D eigenvalue weighted by molar-refractivity contribution is 0.501. The van der Waals surface area contributed by atoms with E-state index in [4.69, 9.17) is 5.14 Å². The number of anilines is 1. The Morgan fingerprint density at radius 3 is 2.68 bits per heavy atom. The Labute approximate surface area is 120 Å². The first kappa shape index (κ1) is 16.1. The first-order valence-corrected chi connectivity index (χ1v) is 8.25. The number of sulfonamides is 1. The number of nitrogens with two attached hydrogens (primary N) is 1. The first-order chi connectivity index (χ1) is 8.72. The van der Waals surface area contributed by atoms with Crippen LogP contribution in [0.5, 0.6) is 0 Å². The molecule has 0 bridgehead atoms. The molecule has 1 rings (SSSR count). The van der Waals surface area contributed by atoms with Gasteiger partial charge in [0.1, 0.15) is 4.47 Å². The van der Waals surface area contributed by atoms with E-state index in [0.717, 1.165) is 0 Å². The number of rotatable bonds is 6. The zero-order chi connectivity index (χ0) is 14.6. The van der Waals surface area contributed by atoms with Gasteiger partial charge in [-0.2, -0.15) is 5.10 Å². The number of halogens is 1. The maximum atomic E-state index is 11.9. The van der Waals surface area contributed by atoms with Gasteiger partial charge in [-0.15, -0.1) is 0 Å². The summed E-state index contributed by atoms with van der Waals surface area (Å²) in [7, 11) is -3.45. The van der Waals surface area contributed by atoms with Gasteiger partial charge in [0.2, 0.25) is 10.0 Å². The fraction of sp³-hybridized carbons (Fsp3) is 0.600. The number of hydrogen-bond donors (Lipinski definition) is 2. The summed E-state index contributed by atoms with van der Waals surface area (Å²) in [5, 5.41) is 11.9. The van der Waals surface area contributed by atoms with Crippen molar-refractivity contribution < 1.29 is 8.42 Å². The van der Waals surface area contributed by atoms with E-state index < -0.39 is 10.0 Å². The molecule has 0 atom stereocenters. The van der Waals surface area contributed by atoms with Gasteiger partial charge in [0, 0.05) is 6.54 Å². The molecule has 0 saturated heterocycles. The van der Waals surface area contributed by atoms with Gasteiger partial charge in [-0.05, 0) is 36.2 Å². The standard InChI is InChI=1S/C10H17BrN4O3S/c1-7(2)15-10(16)9(11)8(6-14-15)13-4-3-5-19(12,17)18/h6-7,13H,3-5H2,1-2H3,(H2,12,17,18). The van der Waals surface area contributed by atoms with Crippen LogP contribution in [0, 0.1) is 0 Å². The Morgan fingerprint density at radius 2 is 2.16 bits per heavy atom. The molecule has 0 aromatic carbocycles. The molecule has 108 valence electrons. The summed E-state index contributed by atoms with van der Waals surface area (Å²) < 4.78 is 23.3. The normalized spacial score (nSPS) is 11.8. The number of nitrogens with zero attached hydrogens (tertiary/aromatic N) is 2. The van der Waals surface area contributed by atoms with E-state index in [1.165, 1.54) is 10.9 Å². The van der Waals surface area contributed by atoms with E-state index in [-0.39, 0.29) is 17.4 Å². The zero-order valence-electron chi connectivity index (χ0n) is 10.8. The van der Waals surface area contributed by atoms with E-state index in [2.05, 4.69) is 26.3 Å². The Morgan fingerprint density at radius 1 is 1.53 bits per heavy atom. The van der Waals surface area contributed by atoms with Gasteiger partial charge < -0.3 is 5.32 Å². The third-order valence-corrected chi connectivity index (χ3v) is 3.98. The minimum absolute atomic E-state index is 0.0276. The molecule has 0 unspecified atom stereocenters. The fourth-order valence-electron chi connectivity index (χ4n) is 1.43. The quantitative estimate of drug-likeness (QED) is 0.732. The third kappa shape index (κ3) is 4.92. The summed E-state index contributed by atoms with van der Waals surface area (Å²) in [6.07, 6.45) is 1.89. The average Bonchev–Trinajstić information content (AvgIpc) is 2.28. The highest BCUT2D eigenvalue weighted by Gasteiger charge is 2.10. The molecule has 0 fully saturated rings. The predicted molar refractivity (Wildman–Crippen MR) is 77.7 cm³/mol. The molecular formula is C10H17BrN4O3S. The maximum Gasteiger partial charge on any atom is 0.283 e. The second-order valence-corrected chi connectivity index (χ2v) is 6.89. The second kappa shape index (κ2) is 6.49. The molecule has 1 heterocycles. The van der Waals surface area contributed by atoms with Crippen LogP contribution in [0.2, 0.25) is 0 Å². The fourth-order valence-corrected chi connectivity index (χ4v) is 2.40. The highest BCUT2D eigenvalue weighted by atomic mass is 79.9. The van der Waals surface area contributed by atoms with Gasteiger partial charge in [-0.1, -0.05) is 0 Å². The van der Waals surface area contributed by atoms with Crippen molar-refractivity contribution in [3.05, 3.63) is 21.0 Å². The van der Waals surface area contributed by atoms with E-state index in [1.807, 2.05) is 13.8 Å². The maximum absolute atomic E-state index is 11.9. The summed E-state index contributed by atoms with van der Waals surface area (Å²) in [6.45, 7) is 4.11. The molecule has 3 N–H and O–H groups in total. The Kier molecular flexibility index (Phi) is 5.50. The molecule has 19 heavy (non-hydrogen) atoms. The van der Waals surface area contributed by atoms with Crippen molar-refractivity contribution in [1.82, 2.24) is 9.78 Å². The lowest BCUT2D eigenvalue weighted by Crippen LogP contribution is -2.26. The van der Waals surface area contributed by atoms with Crippen molar-refractivity contribution in [2.45, 2.75) is 26.3 Å². The highest BCUT2D eigenvalue weighted by molar-refractivity contribution is 9.10. The van der Waals surface area contributed by atoms with Crippen molar-refractivity contribution in [1.29, 1.82) is 0 Å². The van der Waals surface area contributed by atoms with E-state index in [1.54, 1.807) is 0 Å². The Bertz CT molecular complexity index is 597. The van der Waals surface area contributed by atoms with E-state index in [9.17, 15) is 13.2 Å². The number of nitrogens with one attached hydrogen (secondary N) is 1. The minimum Gasteiger partial charge on any atom is -0.383 e. The molecule has 0 aliphatic carbocycles. The third-order valence-electron chi connectivity index (χ3n) is 2.35. The second-order valence-electron chi connectivity index (χ2n) is 4.36. The van der Waals surface area contributed by atoms with Gasteiger partial charge in [0.05, 0.1) is 23.7 Å². The summed E-state index contributed by atoms with van der Waals surface area (Å²) in [6, 6.07) is -0.0276. The van der Waals surface area contributed by atoms with Crippen LogP contribution >= 0.6 is 15.9 Å². The van der Waals surface area contributed by atoms with Crippen molar-refractivity contribution in [3.8, 4) is 0 Å². The van der Waals surface area contributed by atoms with Crippen LogP contribution in [0.1, 0.15) is 26.3 Å². The van der Waals surface area contributed by atoms with Crippen LogP contribution in [0.3, 0.4) is 0 Å². The number of hydrogen-bond acceptors (Lipinski definition) is 5. The van der Waals surface area contributed by atoms with Crippen molar-refractivity contribution >= 4 is 31.6 Å². The van der Waals surface area contributed by atoms with Crippen LogP contribution in [-0.2, 0) is 10.0 Å². The molecule has 9 heteroatoms. The molecule has 1 aromatic heterocycles. The van der Waals surface area contributed by atoms with Crippen LogP contribution in [0.4, 0.5) is 5.69 Å². The van der Waals surface area contributed by atoms with Crippen LogP contribution in [-0.4, -0.2) is 30.5 Å². The molecule has 7 nitrogen and oxygen atoms in total. The molecule has 0 aliphatic rings. The molecule has 1 aromatic rings. The van der Waals surface area contributed by atoms with Gasteiger partial charge in [-0.25, -0.2) is 18.2 Å². The molecule has 0 spiro atoms. The molecule has 0 aliphatic heterocycles. The van der Waals surface area contributed by atoms with Gasteiger partial charge in [-0.3, -0.25) is 4.79 Å². The number of primary sulfonamides is 1. The summed E-state index contributed by atoms with van der Waals surface area (Å²) in [4.78, 5) is 11.9. The van der Waals surface area contributed by atoms with Crippen LogP contribution in [0.15, 0.2) is 15.5 Å². The first-order valence-electron chi connectivity index (χ1n) is 5.74. The largest absolute Gasteiger partial charge is 0.383 e. The minimum atomic E-state index is -3.45. The summed E-state index contributed by atoms with van der Waals surface area (Å²) in [5.41, 5.74) is 0.308. The summed E-state index contributed by atoms with van der Waals surface area (Å²) in [5.74, 6) is -0.103. The SMILES string of the molecule is CC(C)n1ncc(NCCCS(N)(=O)=O)c(Br)c1=O. The lowest BCUT2D eigenvalue weighted by atomic mass is 10.4. The molecule has 0 amide bonds. The van der Waals surface area contributed by atoms with E-state index in [0.29, 0.717) is 23.1 Å². The highest BCUT2D eigenvalue weighted by Crippen LogP contribution is 2.16. The van der Waals surface area contributed by atoms with Crippen LogP contribution < -0.4 is 16.0 Å². The Hall–Kier alpha value is -0.930. The summed E-state index contributed by atoms with van der Waals surface area (Å²) >= 11 is 3.21. The average molecular weight is 353 g/mol. The van der Waals surface area contributed by atoms with Gasteiger partial charge in [0.25, 0.3) is 5.56 Å². The molecular weight excluding hydrogens is 336 g/mol. The zero-order valence-corrected chi connectivity index (χ0v) is 13.2. The molecule has 0 saturated carbocycles. The lowest BCUT2D eigenvalue weighted by Gasteiger charge is -2.12. The smallest absolute Gasteiger partial charge is 0.283 e. The van der Waals surface area contributed by atoms with Gasteiger partial charge in [0.15, 0.2) is 0 Å². The Balaban J connectivity index is 2.71. The topological polar surface area (TPSA) is 107 Å². The monoisotopic (exact) mass is 352 g/mol. The van der Waals surface area contributed by atoms with E-state index >= 15 is 0 Å². The van der Waals surface area contributed by atoms with Crippen molar-refractivity contribution in [2.24, 2.45) is 5.14 Å². The molecule has 0 radical (unpaired) electrons. The van der Waals surface area contributed by atoms with Crippen molar-refractivity contribution in [3.63, 3.8) is 0 Å². The number of aromatic nitrogens is 2. The van der Waals surface area contributed by atoms with Crippen molar-refractivity contribution in [2.75, 3.05) is 17.6 Å². The predicted octanol–water partition coefficient (Wildman–Crippen LogP) is 0.677. The van der Waals surface area contributed by atoms with Crippen LogP contribution in [0.25, 0.3) is 0 Å². The van der Waals surface area contributed by atoms with Gasteiger partial charge >= 0.3 is 0 Å².